The molecule has 2 unspecified atom stereocenters. The van der Waals surface area contributed by atoms with Gasteiger partial charge in [-0.3, -0.25) is 4.57 Å². The Balaban J connectivity index is 1.29. The van der Waals surface area contributed by atoms with E-state index in [1.807, 2.05) is 0 Å². The predicted molar refractivity (Wildman–Crippen MR) is 196 cm³/mol. The van der Waals surface area contributed by atoms with Gasteiger partial charge in [-0.25, -0.2) is 9.97 Å². The lowest BCUT2D eigenvalue weighted by atomic mass is 9.78. The van der Waals surface area contributed by atoms with Gasteiger partial charge < -0.3 is 0 Å². The number of allylic oxidation sites excluding steroid dienone is 5. The molecule has 0 spiro atoms. The van der Waals surface area contributed by atoms with Crippen LogP contribution >= 0.6 is 0 Å². The summed E-state index contributed by atoms with van der Waals surface area (Å²) >= 11 is 0. The number of rotatable bonds is 3. The molecule has 2 heterocycles. The molecule has 0 saturated heterocycles. The first kappa shape index (κ1) is 26.2. The fraction of sp³-hybridized carbons (Fsp3) is 0.0455. The standard InChI is InChI=1S/C44H29N3/c1-2-12-28(13-3-1)31-24-25-36(35-19-9-8-18-34(31)35)43-37-20-10-11-21-38(37)45-44(46-43)47-39-26-22-29-14-4-6-16-32(29)41(39)42-33-17-7-5-15-30(33)23-27-40(42)47/h1-27,29,32H. The second kappa shape index (κ2) is 10.2. The van der Waals surface area contributed by atoms with Gasteiger partial charge in [-0.05, 0) is 56.4 Å². The van der Waals surface area contributed by atoms with E-state index >= 15 is 0 Å². The highest BCUT2D eigenvalue weighted by Crippen LogP contribution is 2.46. The molecule has 3 heteroatoms. The Morgan fingerprint density at radius 2 is 1.23 bits per heavy atom. The molecule has 0 saturated carbocycles. The summed E-state index contributed by atoms with van der Waals surface area (Å²) in [4.78, 5) is 10.8. The smallest absolute Gasteiger partial charge is 0.235 e. The van der Waals surface area contributed by atoms with Gasteiger partial charge in [0.05, 0.1) is 22.4 Å². The molecule has 2 atom stereocenters. The predicted octanol–water partition coefficient (Wildman–Crippen LogP) is 11.1. The minimum atomic E-state index is 0.254. The van der Waals surface area contributed by atoms with E-state index in [0.29, 0.717) is 11.9 Å². The van der Waals surface area contributed by atoms with E-state index in [-0.39, 0.29) is 5.92 Å². The number of fused-ring (bicyclic) bond motifs is 9. The summed E-state index contributed by atoms with van der Waals surface area (Å²) in [7, 11) is 0. The summed E-state index contributed by atoms with van der Waals surface area (Å²) in [6.45, 7) is 0. The molecule has 6 aromatic carbocycles. The summed E-state index contributed by atoms with van der Waals surface area (Å²) in [6.07, 6.45) is 13.6. The van der Waals surface area contributed by atoms with Gasteiger partial charge >= 0.3 is 0 Å². The van der Waals surface area contributed by atoms with Crippen molar-refractivity contribution in [3.05, 3.63) is 169 Å². The zero-order chi connectivity index (χ0) is 30.9. The molecule has 2 aliphatic rings. The van der Waals surface area contributed by atoms with Gasteiger partial charge in [-0.2, -0.15) is 0 Å². The number of para-hydroxylation sites is 1. The fourth-order valence-corrected chi connectivity index (χ4v) is 7.87. The van der Waals surface area contributed by atoms with Crippen molar-refractivity contribution < 1.29 is 0 Å². The molecular formula is C44H29N3. The lowest BCUT2D eigenvalue weighted by molar-refractivity contribution is 0.692. The molecule has 0 N–H and O–H groups in total. The van der Waals surface area contributed by atoms with Crippen molar-refractivity contribution >= 4 is 49.4 Å². The Labute approximate surface area is 272 Å². The third-order valence-corrected chi connectivity index (χ3v) is 9.98. The zero-order valence-corrected chi connectivity index (χ0v) is 25.6. The molecule has 10 rings (SSSR count). The van der Waals surface area contributed by atoms with E-state index < -0.39 is 0 Å². The lowest BCUT2D eigenvalue weighted by Crippen LogP contribution is -2.14. The van der Waals surface area contributed by atoms with E-state index in [9.17, 15) is 0 Å². The van der Waals surface area contributed by atoms with Gasteiger partial charge in [0.25, 0.3) is 0 Å². The molecule has 3 nitrogen and oxygen atoms in total. The Morgan fingerprint density at radius 1 is 0.532 bits per heavy atom. The van der Waals surface area contributed by atoms with Crippen LogP contribution in [-0.2, 0) is 0 Å². The van der Waals surface area contributed by atoms with Gasteiger partial charge in [0.2, 0.25) is 5.95 Å². The first-order chi connectivity index (χ1) is 23.3. The fourth-order valence-electron chi connectivity index (χ4n) is 7.87. The van der Waals surface area contributed by atoms with Crippen LogP contribution in [0.2, 0.25) is 0 Å². The summed E-state index contributed by atoms with van der Waals surface area (Å²) in [5.41, 5.74) is 9.03. The van der Waals surface area contributed by atoms with Crippen molar-refractivity contribution in [1.82, 2.24) is 14.5 Å². The molecule has 0 bridgehead atoms. The summed E-state index contributed by atoms with van der Waals surface area (Å²) in [5.74, 6) is 1.27. The van der Waals surface area contributed by atoms with E-state index in [0.717, 1.165) is 33.4 Å². The zero-order valence-electron chi connectivity index (χ0n) is 25.6. The average Bonchev–Trinajstić information content (AvgIpc) is 3.50. The minimum Gasteiger partial charge on any atom is -0.278 e. The van der Waals surface area contributed by atoms with Crippen LogP contribution in [-0.4, -0.2) is 14.5 Å². The molecule has 2 aliphatic carbocycles. The third kappa shape index (κ3) is 3.93. The quantitative estimate of drug-likeness (QED) is 0.202. The second-order valence-corrected chi connectivity index (χ2v) is 12.5. The number of hydrogen-bond donors (Lipinski definition) is 0. The highest BCUT2D eigenvalue weighted by atomic mass is 15.2. The Kier molecular flexibility index (Phi) is 5.70. The molecule has 220 valence electrons. The average molecular weight is 600 g/mol. The second-order valence-electron chi connectivity index (χ2n) is 12.5. The molecule has 0 fully saturated rings. The van der Waals surface area contributed by atoms with E-state index in [4.69, 9.17) is 9.97 Å². The maximum absolute atomic E-state index is 5.49. The van der Waals surface area contributed by atoms with Gasteiger partial charge in [0.15, 0.2) is 0 Å². The van der Waals surface area contributed by atoms with Crippen molar-refractivity contribution in [3.8, 4) is 28.3 Å². The highest BCUT2D eigenvalue weighted by molar-refractivity contribution is 6.12. The van der Waals surface area contributed by atoms with Crippen LogP contribution in [0.25, 0.3) is 77.8 Å². The molecule has 2 aromatic heterocycles. The van der Waals surface area contributed by atoms with Crippen LogP contribution in [0.3, 0.4) is 0 Å². The van der Waals surface area contributed by atoms with E-state index in [1.165, 1.54) is 43.6 Å². The van der Waals surface area contributed by atoms with E-state index in [2.05, 4.69) is 168 Å². The number of aromatic nitrogens is 3. The third-order valence-electron chi connectivity index (χ3n) is 9.98. The minimum absolute atomic E-state index is 0.254. The van der Waals surface area contributed by atoms with Crippen molar-refractivity contribution in [2.75, 3.05) is 0 Å². The summed E-state index contributed by atoms with van der Waals surface area (Å²) in [5, 5.41) is 7.22. The normalized spacial score (nSPS) is 16.7. The Morgan fingerprint density at radius 3 is 2.11 bits per heavy atom. The van der Waals surface area contributed by atoms with Gasteiger partial charge in [-0.15, -0.1) is 0 Å². The Hall–Kier alpha value is -6.06. The molecule has 47 heavy (non-hydrogen) atoms. The number of benzene rings is 6. The van der Waals surface area contributed by atoms with Crippen LogP contribution in [0, 0.1) is 5.92 Å². The van der Waals surface area contributed by atoms with Crippen LogP contribution < -0.4 is 0 Å². The van der Waals surface area contributed by atoms with Crippen molar-refractivity contribution in [2.45, 2.75) is 5.92 Å². The number of hydrogen-bond acceptors (Lipinski definition) is 2. The first-order valence-electron chi connectivity index (χ1n) is 16.3. The van der Waals surface area contributed by atoms with Gasteiger partial charge in [0.1, 0.15) is 0 Å². The molecular weight excluding hydrogens is 571 g/mol. The van der Waals surface area contributed by atoms with Gasteiger partial charge in [-0.1, -0.05) is 146 Å². The molecule has 0 amide bonds. The highest BCUT2D eigenvalue weighted by Gasteiger charge is 2.31. The molecule has 8 aromatic rings. The van der Waals surface area contributed by atoms with Crippen LogP contribution in [0.15, 0.2) is 158 Å². The monoisotopic (exact) mass is 599 g/mol. The van der Waals surface area contributed by atoms with Crippen LogP contribution in [0.4, 0.5) is 0 Å². The number of nitrogens with zero attached hydrogens (tertiary/aromatic N) is 3. The maximum Gasteiger partial charge on any atom is 0.235 e. The van der Waals surface area contributed by atoms with Crippen molar-refractivity contribution in [1.29, 1.82) is 0 Å². The van der Waals surface area contributed by atoms with E-state index in [1.54, 1.807) is 0 Å². The maximum atomic E-state index is 5.49. The first-order valence-corrected chi connectivity index (χ1v) is 16.3. The van der Waals surface area contributed by atoms with Crippen molar-refractivity contribution in [2.24, 2.45) is 5.92 Å². The Bertz CT molecular complexity index is 2640. The van der Waals surface area contributed by atoms with Gasteiger partial charge in [0, 0.05) is 28.2 Å². The van der Waals surface area contributed by atoms with Crippen molar-refractivity contribution in [3.63, 3.8) is 0 Å². The molecule has 0 aliphatic heterocycles. The largest absolute Gasteiger partial charge is 0.278 e. The van der Waals surface area contributed by atoms with Crippen LogP contribution in [0.1, 0.15) is 17.2 Å². The summed E-state index contributed by atoms with van der Waals surface area (Å²) < 4.78 is 2.30. The van der Waals surface area contributed by atoms with Crippen LogP contribution in [0.5, 0.6) is 0 Å². The lowest BCUT2D eigenvalue weighted by Gasteiger charge is -2.26. The summed E-state index contributed by atoms with van der Waals surface area (Å²) in [6, 6.07) is 45.4. The SMILES string of the molecule is C1=CC2C=Cc3c(c4c5ccccc5ccc4n3-c3nc(-c4ccc(-c5ccccc5)c5ccccc45)c4ccccc4n3)C2C=C1. The molecule has 0 radical (unpaired) electrons. The topological polar surface area (TPSA) is 30.7 Å².